The zero-order valence-electron chi connectivity index (χ0n) is 18.8. The normalized spacial score (nSPS) is 24.3. The van der Waals surface area contributed by atoms with Crippen LogP contribution in [0.1, 0.15) is 55.9 Å². The molecule has 0 bridgehead atoms. The van der Waals surface area contributed by atoms with Gasteiger partial charge in [0.1, 0.15) is 0 Å². The van der Waals surface area contributed by atoms with Crippen molar-refractivity contribution < 1.29 is 4.79 Å². The number of rotatable bonds is 6. The molecule has 2 atom stereocenters. The summed E-state index contributed by atoms with van der Waals surface area (Å²) < 4.78 is 0. The number of nitriles is 1. The standard InChI is InChI=1S/C25H31N5OS/c1-25(22-14-19(16-32-22)18-8-6-7-17(13-18)15-26)21(23(31)30(2)24(27)29-25)11-12-28-20-9-4-3-5-10-20/h6-8,13-14,16,20-21,28H,3-5,9-12H2,1-2H3,(H2,27,29)/t21?,25-/m0/s1. The van der Waals surface area contributed by atoms with Crippen LogP contribution in [-0.2, 0) is 10.3 Å². The maximum atomic E-state index is 13.3. The summed E-state index contributed by atoms with van der Waals surface area (Å²) >= 11 is 1.60. The third kappa shape index (κ3) is 4.43. The van der Waals surface area contributed by atoms with Gasteiger partial charge in [-0.05, 0) is 67.4 Å². The van der Waals surface area contributed by atoms with Crippen LogP contribution >= 0.6 is 11.3 Å². The molecule has 168 valence electrons. The zero-order chi connectivity index (χ0) is 22.7. The van der Waals surface area contributed by atoms with Crippen molar-refractivity contribution in [3.63, 3.8) is 0 Å². The van der Waals surface area contributed by atoms with E-state index in [4.69, 9.17) is 5.41 Å². The van der Waals surface area contributed by atoms with E-state index in [9.17, 15) is 10.1 Å². The number of amides is 1. The molecule has 2 heterocycles. The highest BCUT2D eigenvalue weighted by Crippen LogP contribution is 2.41. The molecule has 7 heteroatoms. The average molecular weight is 450 g/mol. The Balaban J connectivity index is 1.57. The van der Waals surface area contributed by atoms with Gasteiger partial charge in [-0.15, -0.1) is 11.3 Å². The Morgan fingerprint density at radius 3 is 2.81 bits per heavy atom. The smallest absolute Gasteiger partial charge is 0.234 e. The molecule has 1 amide bonds. The van der Waals surface area contributed by atoms with E-state index in [0.717, 1.165) is 22.5 Å². The Hall–Kier alpha value is -2.69. The second-order valence-electron chi connectivity index (χ2n) is 9.10. The molecule has 0 radical (unpaired) electrons. The lowest BCUT2D eigenvalue weighted by atomic mass is 9.79. The third-order valence-electron chi connectivity index (χ3n) is 6.95. The summed E-state index contributed by atoms with van der Waals surface area (Å²) in [5, 5.41) is 26.6. The highest BCUT2D eigenvalue weighted by Gasteiger charge is 2.47. The van der Waals surface area contributed by atoms with E-state index in [0.29, 0.717) is 18.0 Å². The van der Waals surface area contributed by atoms with E-state index < -0.39 is 5.54 Å². The minimum absolute atomic E-state index is 0.0110. The largest absolute Gasteiger partial charge is 0.345 e. The van der Waals surface area contributed by atoms with Crippen molar-refractivity contribution in [1.82, 2.24) is 15.5 Å². The molecule has 1 unspecified atom stereocenters. The average Bonchev–Trinajstić information content (AvgIpc) is 3.32. The Bertz CT molecular complexity index is 1030. The minimum Gasteiger partial charge on any atom is -0.345 e. The van der Waals surface area contributed by atoms with Gasteiger partial charge in [0.05, 0.1) is 23.1 Å². The number of nitrogens with zero attached hydrogens (tertiary/aromatic N) is 2. The first-order chi connectivity index (χ1) is 15.4. The number of hydrogen-bond donors (Lipinski definition) is 3. The lowest BCUT2D eigenvalue weighted by Gasteiger charge is -2.45. The minimum atomic E-state index is -0.648. The molecule has 1 aromatic heterocycles. The summed E-state index contributed by atoms with van der Waals surface area (Å²) in [6.07, 6.45) is 7.04. The maximum Gasteiger partial charge on any atom is 0.234 e. The van der Waals surface area contributed by atoms with Crippen molar-refractivity contribution in [3.8, 4) is 17.2 Å². The van der Waals surface area contributed by atoms with Crippen molar-refractivity contribution in [3.05, 3.63) is 46.2 Å². The molecule has 3 N–H and O–H groups in total. The molecule has 32 heavy (non-hydrogen) atoms. The fraction of sp³-hybridized carbons (Fsp3) is 0.480. The van der Waals surface area contributed by atoms with Crippen molar-refractivity contribution in [1.29, 1.82) is 10.7 Å². The van der Waals surface area contributed by atoms with Gasteiger partial charge in [0.25, 0.3) is 0 Å². The Morgan fingerprint density at radius 2 is 2.06 bits per heavy atom. The molecule has 1 aliphatic carbocycles. The van der Waals surface area contributed by atoms with Crippen LogP contribution in [0.5, 0.6) is 0 Å². The van der Waals surface area contributed by atoms with Gasteiger partial charge in [0.15, 0.2) is 5.96 Å². The number of benzene rings is 1. The zero-order valence-corrected chi connectivity index (χ0v) is 19.6. The highest BCUT2D eigenvalue weighted by atomic mass is 32.1. The van der Waals surface area contributed by atoms with Crippen LogP contribution in [0, 0.1) is 22.7 Å². The number of nitrogens with one attached hydrogen (secondary N) is 3. The number of guanidine groups is 1. The van der Waals surface area contributed by atoms with E-state index in [1.807, 2.05) is 25.1 Å². The van der Waals surface area contributed by atoms with Gasteiger partial charge in [-0.1, -0.05) is 31.4 Å². The van der Waals surface area contributed by atoms with E-state index >= 15 is 0 Å². The van der Waals surface area contributed by atoms with E-state index in [-0.39, 0.29) is 17.8 Å². The molecule has 2 fully saturated rings. The van der Waals surface area contributed by atoms with Gasteiger partial charge in [-0.25, -0.2) is 0 Å². The van der Waals surface area contributed by atoms with Gasteiger partial charge in [0, 0.05) is 18.0 Å². The molecular formula is C25H31N5OS. The molecule has 6 nitrogen and oxygen atoms in total. The van der Waals surface area contributed by atoms with Crippen molar-refractivity contribution in [2.75, 3.05) is 13.6 Å². The second kappa shape index (κ2) is 9.43. The molecule has 1 aromatic carbocycles. The van der Waals surface area contributed by atoms with E-state index in [2.05, 4.69) is 28.1 Å². The Kier molecular flexibility index (Phi) is 6.63. The van der Waals surface area contributed by atoms with E-state index in [1.54, 1.807) is 24.5 Å². The topological polar surface area (TPSA) is 92.0 Å². The predicted octanol–water partition coefficient (Wildman–Crippen LogP) is 4.43. The molecule has 4 rings (SSSR count). The van der Waals surface area contributed by atoms with Crippen LogP contribution in [0.4, 0.5) is 0 Å². The van der Waals surface area contributed by atoms with Gasteiger partial charge in [-0.3, -0.25) is 15.1 Å². The number of carbonyl (C=O) groups is 1. The molecule has 1 saturated carbocycles. The van der Waals surface area contributed by atoms with Crippen LogP contribution in [0.2, 0.25) is 0 Å². The monoisotopic (exact) mass is 449 g/mol. The van der Waals surface area contributed by atoms with Crippen molar-refractivity contribution >= 4 is 23.2 Å². The maximum absolute atomic E-state index is 13.3. The number of carbonyl (C=O) groups excluding carboxylic acids is 1. The predicted molar refractivity (Wildman–Crippen MR) is 128 cm³/mol. The first-order valence-electron chi connectivity index (χ1n) is 11.4. The summed E-state index contributed by atoms with van der Waals surface area (Å²) in [5.74, 6) is -0.145. The molecule has 1 aliphatic heterocycles. The molecule has 2 aromatic rings. The van der Waals surface area contributed by atoms with Crippen LogP contribution in [0.3, 0.4) is 0 Å². The van der Waals surface area contributed by atoms with Crippen molar-refractivity contribution in [2.24, 2.45) is 5.92 Å². The molecule has 2 aliphatic rings. The summed E-state index contributed by atoms with van der Waals surface area (Å²) in [6.45, 7) is 2.83. The highest BCUT2D eigenvalue weighted by molar-refractivity contribution is 7.10. The SMILES string of the molecule is CN1C(=N)N[C@](C)(c2cc(-c3cccc(C#N)c3)cs2)C(CCNC2CCCCC2)C1=O. The van der Waals surface area contributed by atoms with E-state index in [1.165, 1.54) is 37.0 Å². The van der Waals surface area contributed by atoms with Gasteiger partial charge in [-0.2, -0.15) is 5.26 Å². The summed E-state index contributed by atoms with van der Waals surface area (Å²) in [4.78, 5) is 15.7. The number of hydrogen-bond acceptors (Lipinski definition) is 5. The molecule has 0 spiro atoms. The quantitative estimate of drug-likeness (QED) is 0.608. The fourth-order valence-electron chi connectivity index (χ4n) is 4.92. The van der Waals surface area contributed by atoms with Crippen molar-refractivity contribution in [2.45, 2.75) is 57.0 Å². The first kappa shape index (κ1) is 22.5. The third-order valence-corrected chi connectivity index (χ3v) is 8.11. The Morgan fingerprint density at radius 1 is 1.28 bits per heavy atom. The van der Waals surface area contributed by atoms with Crippen LogP contribution in [0.25, 0.3) is 11.1 Å². The van der Waals surface area contributed by atoms with Gasteiger partial charge < -0.3 is 10.6 Å². The lowest BCUT2D eigenvalue weighted by Crippen LogP contribution is -2.63. The second-order valence-corrected chi connectivity index (χ2v) is 10.0. The summed E-state index contributed by atoms with van der Waals surface area (Å²) in [6, 6.07) is 12.4. The van der Waals surface area contributed by atoms with Gasteiger partial charge in [0.2, 0.25) is 5.91 Å². The number of thiophene rings is 1. The molecular weight excluding hydrogens is 418 g/mol. The van der Waals surface area contributed by atoms with Crippen LogP contribution in [-0.4, -0.2) is 36.4 Å². The lowest BCUT2D eigenvalue weighted by molar-refractivity contribution is -0.135. The molecule has 1 saturated heterocycles. The summed E-state index contributed by atoms with van der Waals surface area (Å²) in [7, 11) is 1.67. The Labute approximate surface area is 194 Å². The summed E-state index contributed by atoms with van der Waals surface area (Å²) in [5.41, 5.74) is 2.00. The van der Waals surface area contributed by atoms with Crippen LogP contribution < -0.4 is 10.6 Å². The fourth-order valence-corrected chi connectivity index (χ4v) is 6.01. The first-order valence-corrected chi connectivity index (χ1v) is 12.3. The van der Waals surface area contributed by atoms with Crippen LogP contribution in [0.15, 0.2) is 35.7 Å². The van der Waals surface area contributed by atoms with Gasteiger partial charge >= 0.3 is 0 Å².